The Balaban J connectivity index is 1.49. The van der Waals surface area contributed by atoms with Gasteiger partial charge in [-0.05, 0) is 43.2 Å². The third-order valence-corrected chi connectivity index (χ3v) is 5.98. The largest absolute Gasteiger partial charge is 0.483 e. The maximum absolute atomic E-state index is 13.5. The number of benzene rings is 3. The van der Waals surface area contributed by atoms with Gasteiger partial charge in [0.15, 0.2) is 6.61 Å². The molecular weight excluding hydrogens is 402 g/mol. The predicted molar refractivity (Wildman–Crippen MR) is 124 cm³/mol. The van der Waals surface area contributed by atoms with Gasteiger partial charge in [0.25, 0.3) is 11.8 Å². The Labute approximate surface area is 187 Å². The number of fused-ring (bicyclic) bond motifs is 1. The van der Waals surface area contributed by atoms with Crippen LogP contribution in [-0.2, 0) is 4.79 Å². The summed E-state index contributed by atoms with van der Waals surface area (Å²) in [6.07, 6.45) is 1.61. The first-order valence-corrected chi connectivity index (χ1v) is 11.0. The Morgan fingerprint density at radius 3 is 2.41 bits per heavy atom. The first-order valence-electron chi connectivity index (χ1n) is 11.0. The lowest BCUT2D eigenvalue weighted by molar-refractivity contribution is -0.132. The predicted octanol–water partition coefficient (Wildman–Crippen LogP) is 4.46. The zero-order valence-corrected chi connectivity index (χ0v) is 17.7. The Morgan fingerprint density at radius 1 is 0.906 bits per heavy atom. The highest BCUT2D eigenvalue weighted by Gasteiger charge is 2.35. The van der Waals surface area contributed by atoms with Gasteiger partial charge < -0.3 is 15.0 Å². The van der Waals surface area contributed by atoms with Gasteiger partial charge in [-0.2, -0.15) is 0 Å². The van der Waals surface area contributed by atoms with Crippen molar-refractivity contribution in [2.24, 2.45) is 0 Å². The number of para-hydroxylation sites is 3. The van der Waals surface area contributed by atoms with Crippen molar-refractivity contribution in [3.8, 4) is 5.75 Å². The summed E-state index contributed by atoms with van der Waals surface area (Å²) < 4.78 is 6.00. The number of hydrogen-bond acceptors (Lipinski definition) is 4. The van der Waals surface area contributed by atoms with Gasteiger partial charge in [0.05, 0.1) is 5.56 Å². The highest BCUT2D eigenvalue weighted by atomic mass is 16.5. The minimum absolute atomic E-state index is 0.00440. The number of carbonyl (C=O) groups is 2. The molecule has 2 amide bonds. The Bertz CT molecular complexity index is 1130. The minimum atomic E-state index is -0.474. The summed E-state index contributed by atoms with van der Waals surface area (Å²) >= 11 is 0. The topological polar surface area (TPSA) is 61.9 Å². The lowest BCUT2D eigenvalue weighted by Crippen LogP contribution is -2.43. The molecule has 0 spiro atoms. The minimum Gasteiger partial charge on any atom is -0.483 e. The van der Waals surface area contributed by atoms with Crippen LogP contribution >= 0.6 is 0 Å². The molecule has 0 bridgehead atoms. The van der Waals surface area contributed by atoms with E-state index in [1.807, 2.05) is 83.8 Å². The van der Waals surface area contributed by atoms with Crippen LogP contribution in [0.4, 0.5) is 11.4 Å². The van der Waals surface area contributed by atoms with Crippen molar-refractivity contribution >= 4 is 23.2 Å². The summed E-state index contributed by atoms with van der Waals surface area (Å²) in [7, 11) is 0. The van der Waals surface area contributed by atoms with Gasteiger partial charge in [-0.1, -0.05) is 48.5 Å². The number of anilines is 2. The fourth-order valence-electron chi connectivity index (χ4n) is 4.36. The molecule has 3 aromatic rings. The number of nitrogens with zero attached hydrogens (tertiary/aromatic N) is 2. The molecular formula is C26H25N3O3. The molecule has 2 aliphatic rings. The molecule has 1 N–H and O–H groups in total. The van der Waals surface area contributed by atoms with E-state index in [2.05, 4.69) is 5.32 Å². The van der Waals surface area contributed by atoms with Crippen molar-refractivity contribution in [1.82, 2.24) is 4.90 Å². The molecule has 0 aromatic heterocycles. The smallest absolute Gasteiger partial charge is 0.262 e. The SMILES string of the molecule is O=C(COc1ccccc1C1Nc2ccccc2C(=O)N1c1ccccc1)N1CCCC1. The molecule has 1 unspecified atom stereocenters. The normalized spacial score (nSPS) is 17.6. The van der Waals surface area contributed by atoms with Crippen molar-refractivity contribution in [3.63, 3.8) is 0 Å². The van der Waals surface area contributed by atoms with Crippen molar-refractivity contribution in [2.45, 2.75) is 19.0 Å². The summed E-state index contributed by atoms with van der Waals surface area (Å²) in [4.78, 5) is 29.7. The van der Waals surface area contributed by atoms with Gasteiger partial charge in [-0.3, -0.25) is 14.5 Å². The first kappa shape index (κ1) is 20.1. The van der Waals surface area contributed by atoms with Crippen molar-refractivity contribution < 1.29 is 14.3 Å². The van der Waals surface area contributed by atoms with Gasteiger partial charge in [0.1, 0.15) is 11.9 Å². The molecule has 162 valence electrons. The molecule has 1 atom stereocenters. The molecule has 0 saturated carbocycles. The summed E-state index contributed by atoms with van der Waals surface area (Å²) in [6.45, 7) is 1.57. The zero-order chi connectivity index (χ0) is 21.9. The van der Waals surface area contributed by atoms with E-state index in [1.54, 1.807) is 4.90 Å². The first-order chi connectivity index (χ1) is 15.7. The number of carbonyl (C=O) groups excluding carboxylic acids is 2. The number of nitrogens with one attached hydrogen (secondary N) is 1. The van der Waals surface area contributed by atoms with Gasteiger partial charge in [0, 0.05) is 30.0 Å². The van der Waals surface area contributed by atoms with E-state index in [1.165, 1.54) is 0 Å². The van der Waals surface area contributed by atoms with Crippen LogP contribution in [0.3, 0.4) is 0 Å². The standard InChI is InChI=1S/C26H25N3O3/c30-24(28-16-8-9-17-28)18-32-23-15-7-5-13-21(23)25-27-22-14-6-4-12-20(22)26(31)29(25)19-10-2-1-3-11-19/h1-7,10-15,25,27H,8-9,16-18H2. The fraction of sp³-hybridized carbons (Fsp3) is 0.231. The summed E-state index contributed by atoms with van der Waals surface area (Å²) in [5.74, 6) is 0.499. The molecule has 2 aliphatic heterocycles. The quantitative estimate of drug-likeness (QED) is 0.653. The van der Waals surface area contributed by atoms with Gasteiger partial charge in [0.2, 0.25) is 0 Å². The van der Waals surface area contributed by atoms with Crippen LogP contribution in [0.2, 0.25) is 0 Å². The lowest BCUT2D eigenvalue weighted by Gasteiger charge is -2.38. The van der Waals surface area contributed by atoms with Gasteiger partial charge in [-0.25, -0.2) is 0 Å². The van der Waals surface area contributed by atoms with Crippen LogP contribution in [-0.4, -0.2) is 36.4 Å². The van der Waals surface area contributed by atoms with E-state index < -0.39 is 6.17 Å². The van der Waals surface area contributed by atoms with Gasteiger partial charge in [-0.15, -0.1) is 0 Å². The maximum atomic E-state index is 13.5. The van der Waals surface area contributed by atoms with Crippen molar-refractivity contribution in [1.29, 1.82) is 0 Å². The van der Waals surface area contributed by atoms with Crippen molar-refractivity contribution in [2.75, 3.05) is 29.9 Å². The average molecular weight is 428 g/mol. The van der Waals surface area contributed by atoms with E-state index in [9.17, 15) is 9.59 Å². The molecule has 1 fully saturated rings. The summed E-state index contributed by atoms with van der Waals surface area (Å²) in [5.41, 5.74) is 2.98. The lowest BCUT2D eigenvalue weighted by atomic mass is 10.0. The molecule has 0 aliphatic carbocycles. The van der Waals surface area contributed by atoms with Crippen molar-refractivity contribution in [3.05, 3.63) is 90.0 Å². The second kappa shape index (κ2) is 8.75. The van der Waals surface area contributed by atoms with E-state index in [0.717, 1.165) is 42.9 Å². The highest BCUT2D eigenvalue weighted by molar-refractivity contribution is 6.12. The van der Waals surface area contributed by atoms with Crippen LogP contribution in [0.1, 0.15) is 34.9 Å². The Hall–Kier alpha value is -3.80. The molecule has 1 saturated heterocycles. The van der Waals surface area contributed by atoms with Crippen LogP contribution < -0.4 is 15.0 Å². The van der Waals surface area contributed by atoms with Crippen LogP contribution in [0, 0.1) is 0 Å². The fourth-order valence-corrected chi connectivity index (χ4v) is 4.36. The maximum Gasteiger partial charge on any atom is 0.262 e. The van der Waals surface area contributed by atoms with E-state index in [0.29, 0.717) is 11.3 Å². The van der Waals surface area contributed by atoms with E-state index in [4.69, 9.17) is 4.74 Å². The molecule has 32 heavy (non-hydrogen) atoms. The second-order valence-corrected chi connectivity index (χ2v) is 8.02. The average Bonchev–Trinajstić information content (AvgIpc) is 3.38. The van der Waals surface area contributed by atoms with Crippen LogP contribution in [0.5, 0.6) is 5.75 Å². The number of amides is 2. The molecule has 2 heterocycles. The molecule has 0 radical (unpaired) electrons. The third-order valence-electron chi connectivity index (χ3n) is 5.98. The molecule has 3 aromatic carbocycles. The number of hydrogen-bond donors (Lipinski definition) is 1. The summed E-state index contributed by atoms with van der Waals surface area (Å²) in [5, 5.41) is 3.51. The Kier molecular flexibility index (Phi) is 5.50. The summed E-state index contributed by atoms with van der Waals surface area (Å²) in [6, 6.07) is 24.7. The number of likely N-dealkylation sites (tertiary alicyclic amines) is 1. The second-order valence-electron chi connectivity index (χ2n) is 8.02. The van der Waals surface area contributed by atoms with Crippen LogP contribution in [0.15, 0.2) is 78.9 Å². The molecule has 6 heteroatoms. The zero-order valence-electron chi connectivity index (χ0n) is 17.7. The molecule has 6 nitrogen and oxygen atoms in total. The highest BCUT2D eigenvalue weighted by Crippen LogP contribution is 2.39. The molecule has 5 rings (SSSR count). The van der Waals surface area contributed by atoms with E-state index in [-0.39, 0.29) is 18.4 Å². The van der Waals surface area contributed by atoms with E-state index >= 15 is 0 Å². The van der Waals surface area contributed by atoms with Gasteiger partial charge >= 0.3 is 0 Å². The number of rotatable bonds is 5. The number of ether oxygens (including phenoxy) is 1. The van der Waals surface area contributed by atoms with Crippen LogP contribution in [0.25, 0.3) is 0 Å². The Morgan fingerprint density at radius 2 is 1.59 bits per heavy atom. The third kappa shape index (κ3) is 3.80. The monoisotopic (exact) mass is 427 g/mol.